The number of halogens is 1. The number of hydrogen-bond donors (Lipinski definition) is 2. The van der Waals surface area contributed by atoms with E-state index in [9.17, 15) is 23.9 Å². The second kappa shape index (κ2) is 6.15. The van der Waals surface area contributed by atoms with Gasteiger partial charge in [-0.1, -0.05) is 0 Å². The molecule has 0 saturated heterocycles. The van der Waals surface area contributed by atoms with Crippen LogP contribution in [0.1, 0.15) is 51.9 Å². The van der Waals surface area contributed by atoms with E-state index >= 15 is 0 Å². The maximum Gasteiger partial charge on any atom is 0.327 e. The van der Waals surface area contributed by atoms with Crippen LogP contribution in [0.15, 0.2) is 0 Å². The highest BCUT2D eigenvalue weighted by molar-refractivity contribution is 5.86. The maximum absolute atomic E-state index is 14.0. The van der Waals surface area contributed by atoms with Crippen molar-refractivity contribution in [2.75, 3.05) is 0 Å². The Morgan fingerprint density at radius 2 is 1.59 bits per heavy atom. The quantitative estimate of drug-likeness (QED) is 0.527. The van der Waals surface area contributed by atoms with Crippen molar-refractivity contribution in [3.05, 3.63) is 0 Å². The summed E-state index contributed by atoms with van der Waals surface area (Å²) in [7, 11) is 0. The van der Waals surface area contributed by atoms with Gasteiger partial charge in [-0.25, -0.2) is 4.39 Å². The fraction of sp³-hybridized carbons (Fsp3) is 0.857. The van der Waals surface area contributed by atoms with Gasteiger partial charge in [0, 0.05) is 12.8 Å². The van der Waals surface area contributed by atoms with Gasteiger partial charge in [0.05, 0.1) is 11.3 Å². The third kappa shape index (κ3) is 2.74. The highest BCUT2D eigenvalue weighted by Crippen LogP contribution is 2.63. The van der Waals surface area contributed by atoms with Crippen LogP contribution >= 0.6 is 0 Å². The monoisotopic (exact) mass is 409 g/mol. The SMILES string of the molecule is C[C@H](OC(=O)[C@H]1[C@@H]2C[C@H](F)[C@@](N)(C(=O)O)[C@@H]21)OC(=O)C12CC3CC(CC(C3)C1)C2. The molecule has 0 aromatic heterocycles. The van der Waals surface area contributed by atoms with Crippen molar-refractivity contribution in [3.63, 3.8) is 0 Å². The number of carboxylic acid groups (broad SMARTS) is 1. The lowest BCUT2D eigenvalue weighted by Gasteiger charge is -2.55. The molecule has 3 N–H and O–H groups in total. The van der Waals surface area contributed by atoms with Gasteiger partial charge in [-0.3, -0.25) is 14.4 Å². The van der Waals surface area contributed by atoms with Crippen LogP contribution in [0.2, 0.25) is 0 Å². The lowest BCUT2D eigenvalue weighted by atomic mass is 9.49. The van der Waals surface area contributed by atoms with Crippen LogP contribution in [-0.4, -0.2) is 41.0 Å². The van der Waals surface area contributed by atoms with E-state index < -0.39 is 53.1 Å². The molecule has 0 spiro atoms. The van der Waals surface area contributed by atoms with Crippen molar-refractivity contribution in [2.24, 2.45) is 46.7 Å². The lowest BCUT2D eigenvalue weighted by Crippen LogP contribution is -2.56. The smallest absolute Gasteiger partial charge is 0.327 e. The van der Waals surface area contributed by atoms with Crippen LogP contribution in [0.3, 0.4) is 0 Å². The molecule has 160 valence electrons. The van der Waals surface area contributed by atoms with Gasteiger partial charge < -0.3 is 20.3 Å². The van der Waals surface area contributed by atoms with Crippen molar-refractivity contribution in [3.8, 4) is 0 Å². The van der Waals surface area contributed by atoms with Gasteiger partial charge in [0.15, 0.2) is 0 Å². The molecular formula is C21H28FNO6. The number of hydrogen-bond acceptors (Lipinski definition) is 6. The molecule has 0 aromatic carbocycles. The molecule has 6 atom stereocenters. The van der Waals surface area contributed by atoms with Crippen molar-refractivity contribution >= 4 is 17.9 Å². The number of alkyl halides is 1. The number of ether oxygens (including phenoxy) is 2. The Bertz CT molecular complexity index is 735. The normalized spacial score (nSPS) is 50.0. The summed E-state index contributed by atoms with van der Waals surface area (Å²) in [6, 6.07) is 0. The molecule has 4 bridgehead atoms. The largest absolute Gasteiger partial charge is 0.480 e. The molecule has 6 saturated carbocycles. The number of carbonyl (C=O) groups excluding carboxylic acids is 2. The second-order valence-corrected chi connectivity index (χ2v) is 10.3. The minimum Gasteiger partial charge on any atom is -0.480 e. The summed E-state index contributed by atoms with van der Waals surface area (Å²) in [5.41, 5.74) is 3.28. The molecule has 0 amide bonds. The first-order chi connectivity index (χ1) is 13.6. The Hall–Kier alpha value is -1.70. The first-order valence-electron chi connectivity index (χ1n) is 10.7. The number of rotatable bonds is 5. The van der Waals surface area contributed by atoms with Crippen molar-refractivity contribution in [1.82, 2.24) is 0 Å². The van der Waals surface area contributed by atoms with Gasteiger partial charge in [0.1, 0.15) is 11.7 Å². The lowest BCUT2D eigenvalue weighted by molar-refractivity contribution is -0.202. The molecule has 29 heavy (non-hydrogen) atoms. The van der Waals surface area contributed by atoms with E-state index in [1.165, 1.54) is 26.2 Å². The Balaban J connectivity index is 1.19. The third-order valence-electron chi connectivity index (χ3n) is 8.39. The molecule has 0 aliphatic heterocycles. The van der Waals surface area contributed by atoms with E-state index in [1.54, 1.807) is 0 Å². The topological polar surface area (TPSA) is 116 Å². The molecular weight excluding hydrogens is 381 g/mol. The summed E-state index contributed by atoms with van der Waals surface area (Å²) in [6.45, 7) is 1.50. The third-order valence-corrected chi connectivity index (χ3v) is 8.39. The summed E-state index contributed by atoms with van der Waals surface area (Å²) < 4.78 is 24.8. The Morgan fingerprint density at radius 1 is 1.03 bits per heavy atom. The van der Waals surface area contributed by atoms with Gasteiger partial charge >= 0.3 is 17.9 Å². The van der Waals surface area contributed by atoms with Crippen molar-refractivity contribution in [1.29, 1.82) is 0 Å². The Morgan fingerprint density at radius 3 is 2.10 bits per heavy atom. The standard InChI is InChI=1S/C21H28FNO6/c1-9(28-17(24)15-13-5-14(22)21(23,16(13)15)18(25)26)29-19(27)20-6-10-2-11(7-20)4-12(3-10)8-20/h9-16H,2-8,23H2,1H3,(H,25,26)/t9-,10?,11?,12?,13+,14+,15+,16+,20?,21+/m1/s1. The molecule has 0 heterocycles. The fourth-order valence-corrected chi connectivity index (χ4v) is 7.46. The summed E-state index contributed by atoms with van der Waals surface area (Å²) >= 11 is 0. The second-order valence-electron chi connectivity index (χ2n) is 10.3. The van der Waals surface area contributed by atoms with E-state index in [2.05, 4.69) is 0 Å². The average Bonchev–Trinajstić information content (AvgIpc) is 3.26. The first kappa shape index (κ1) is 19.3. The van der Waals surface area contributed by atoms with Gasteiger partial charge in [-0.2, -0.15) is 0 Å². The molecule has 6 fully saturated rings. The van der Waals surface area contributed by atoms with Crippen molar-refractivity contribution < 1.29 is 33.4 Å². The maximum atomic E-state index is 14.0. The van der Waals surface area contributed by atoms with E-state index in [1.807, 2.05) is 0 Å². The van der Waals surface area contributed by atoms with Crippen LogP contribution in [0.25, 0.3) is 0 Å². The molecule has 7 nitrogen and oxygen atoms in total. The highest BCUT2D eigenvalue weighted by atomic mass is 19.1. The van der Waals surface area contributed by atoms with Crippen LogP contribution in [0.5, 0.6) is 0 Å². The summed E-state index contributed by atoms with van der Waals surface area (Å²) in [4.78, 5) is 36.9. The molecule has 0 radical (unpaired) electrons. The zero-order chi connectivity index (χ0) is 20.7. The van der Waals surface area contributed by atoms with Crippen molar-refractivity contribution in [2.45, 2.75) is 69.9 Å². The van der Waals surface area contributed by atoms with Gasteiger partial charge in [-0.15, -0.1) is 0 Å². The predicted molar refractivity (Wildman–Crippen MR) is 96.8 cm³/mol. The van der Waals surface area contributed by atoms with E-state index in [4.69, 9.17) is 15.2 Å². The number of carbonyl (C=O) groups is 3. The van der Waals surface area contributed by atoms with Crippen LogP contribution in [0.4, 0.5) is 4.39 Å². The van der Waals surface area contributed by atoms with Gasteiger partial charge in [-0.05, 0) is 68.6 Å². The Labute approximate surface area is 168 Å². The number of esters is 2. The number of fused-ring (bicyclic) bond motifs is 1. The molecule has 6 aliphatic carbocycles. The van der Waals surface area contributed by atoms with E-state index in [0.29, 0.717) is 17.8 Å². The summed E-state index contributed by atoms with van der Waals surface area (Å²) in [5, 5.41) is 9.31. The number of carboxylic acids is 1. The zero-order valence-corrected chi connectivity index (χ0v) is 16.5. The summed E-state index contributed by atoms with van der Waals surface area (Å²) in [6.07, 6.45) is 3.42. The van der Waals surface area contributed by atoms with Crippen LogP contribution in [0, 0.1) is 40.9 Å². The van der Waals surface area contributed by atoms with E-state index in [-0.39, 0.29) is 12.4 Å². The minimum atomic E-state index is -2.05. The van der Waals surface area contributed by atoms with Crippen LogP contribution in [-0.2, 0) is 23.9 Å². The van der Waals surface area contributed by atoms with E-state index in [0.717, 1.165) is 19.3 Å². The molecule has 0 aromatic rings. The molecule has 0 unspecified atom stereocenters. The number of aliphatic carboxylic acids is 1. The zero-order valence-electron chi connectivity index (χ0n) is 16.5. The highest BCUT2D eigenvalue weighted by Gasteiger charge is 2.75. The molecule has 8 heteroatoms. The molecule has 6 aliphatic rings. The predicted octanol–water partition coefficient (Wildman–Crippen LogP) is 2.02. The fourth-order valence-electron chi connectivity index (χ4n) is 7.46. The van der Waals surface area contributed by atoms with Gasteiger partial charge in [0.25, 0.3) is 0 Å². The first-order valence-corrected chi connectivity index (χ1v) is 10.7. The van der Waals surface area contributed by atoms with Gasteiger partial charge in [0.2, 0.25) is 6.29 Å². The molecule has 6 rings (SSSR count). The average molecular weight is 409 g/mol. The van der Waals surface area contributed by atoms with Crippen LogP contribution < -0.4 is 5.73 Å². The minimum absolute atomic E-state index is 0.0608. The Kier molecular flexibility index (Phi) is 4.09. The summed E-state index contributed by atoms with van der Waals surface area (Å²) in [5.74, 6) is -2.53. The number of nitrogens with two attached hydrogens (primary N) is 1.